The number of rotatable bonds is 2. The van der Waals surface area contributed by atoms with Crippen LogP contribution in [-0.4, -0.2) is 11.7 Å². The Kier molecular flexibility index (Phi) is 3.74. The first kappa shape index (κ1) is 10.5. The maximum atomic E-state index is 13.1. The predicted octanol–water partition coefficient (Wildman–Crippen LogP) is 2.46. The molecule has 0 bridgehead atoms. The van der Waals surface area contributed by atoms with Gasteiger partial charge in [-0.05, 0) is 28.1 Å². The number of hydrogen-bond acceptors (Lipinski definition) is 2. The summed E-state index contributed by atoms with van der Waals surface area (Å²) < 4.78 is 13.6. The van der Waals surface area contributed by atoms with E-state index in [-0.39, 0.29) is 17.3 Å². The van der Waals surface area contributed by atoms with Crippen molar-refractivity contribution >= 4 is 40.2 Å². The molecule has 0 aliphatic rings. The summed E-state index contributed by atoms with van der Waals surface area (Å²) in [6.45, 7) is 0. The van der Waals surface area contributed by atoms with Gasteiger partial charge in [0.25, 0.3) is 0 Å². The average molecular weight is 264 g/mol. The molecular formula is C8H7BrFNOS. The summed E-state index contributed by atoms with van der Waals surface area (Å²) in [5.74, 6) is -0.778. The van der Waals surface area contributed by atoms with Crippen LogP contribution in [0.15, 0.2) is 22.7 Å². The third-order valence-corrected chi connectivity index (χ3v) is 2.32. The summed E-state index contributed by atoms with van der Waals surface area (Å²) in [4.78, 5) is 10.9. The molecule has 1 N–H and O–H groups in total. The fourth-order valence-electron chi connectivity index (χ4n) is 0.796. The number of thiol groups is 1. The van der Waals surface area contributed by atoms with Gasteiger partial charge in [-0.3, -0.25) is 4.79 Å². The topological polar surface area (TPSA) is 29.1 Å². The normalized spacial score (nSPS) is 9.77. The minimum absolute atomic E-state index is 0.0285. The van der Waals surface area contributed by atoms with Crippen molar-refractivity contribution in [1.29, 1.82) is 0 Å². The smallest absolute Gasteiger partial charge is 0.234 e. The first-order valence-corrected chi connectivity index (χ1v) is 4.92. The Morgan fingerprint density at radius 1 is 1.62 bits per heavy atom. The quantitative estimate of drug-likeness (QED) is 0.789. The number of benzene rings is 1. The van der Waals surface area contributed by atoms with E-state index in [4.69, 9.17) is 0 Å². The maximum Gasteiger partial charge on any atom is 0.234 e. The Balaban J connectivity index is 2.93. The van der Waals surface area contributed by atoms with Crippen molar-refractivity contribution in [2.75, 3.05) is 11.1 Å². The third-order valence-electron chi connectivity index (χ3n) is 1.37. The van der Waals surface area contributed by atoms with Crippen LogP contribution in [0.4, 0.5) is 10.1 Å². The van der Waals surface area contributed by atoms with Gasteiger partial charge in [0.05, 0.1) is 11.4 Å². The van der Waals surface area contributed by atoms with Crippen molar-refractivity contribution < 1.29 is 9.18 Å². The van der Waals surface area contributed by atoms with E-state index in [9.17, 15) is 9.18 Å². The van der Waals surface area contributed by atoms with Crippen molar-refractivity contribution in [1.82, 2.24) is 0 Å². The van der Waals surface area contributed by atoms with Crippen LogP contribution in [-0.2, 0) is 4.79 Å². The zero-order valence-electron chi connectivity index (χ0n) is 6.55. The van der Waals surface area contributed by atoms with Crippen molar-refractivity contribution in [2.24, 2.45) is 0 Å². The van der Waals surface area contributed by atoms with Gasteiger partial charge in [0, 0.05) is 4.47 Å². The van der Waals surface area contributed by atoms with E-state index in [2.05, 4.69) is 33.9 Å². The number of halogens is 2. The highest BCUT2D eigenvalue weighted by molar-refractivity contribution is 9.10. The number of para-hydroxylation sites is 1. The van der Waals surface area contributed by atoms with E-state index in [1.165, 1.54) is 6.07 Å². The number of carbonyl (C=O) groups is 1. The lowest BCUT2D eigenvalue weighted by atomic mass is 10.3. The number of anilines is 1. The van der Waals surface area contributed by atoms with Gasteiger partial charge in [0.2, 0.25) is 5.91 Å². The molecule has 5 heteroatoms. The van der Waals surface area contributed by atoms with Crippen LogP contribution in [0.5, 0.6) is 0 Å². The number of nitrogens with one attached hydrogen (secondary N) is 1. The highest BCUT2D eigenvalue weighted by atomic mass is 79.9. The Labute approximate surface area is 89.1 Å². The lowest BCUT2D eigenvalue weighted by Gasteiger charge is -2.06. The monoisotopic (exact) mass is 263 g/mol. The van der Waals surface area contributed by atoms with E-state index in [0.29, 0.717) is 4.47 Å². The van der Waals surface area contributed by atoms with E-state index in [1.54, 1.807) is 12.1 Å². The Morgan fingerprint density at radius 2 is 2.31 bits per heavy atom. The van der Waals surface area contributed by atoms with Crippen LogP contribution in [0.1, 0.15) is 0 Å². The minimum Gasteiger partial charge on any atom is -0.322 e. The van der Waals surface area contributed by atoms with Gasteiger partial charge in [0.15, 0.2) is 0 Å². The Bertz CT molecular complexity index is 312. The molecular weight excluding hydrogens is 257 g/mol. The van der Waals surface area contributed by atoms with E-state index in [0.717, 1.165) is 0 Å². The molecule has 13 heavy (non-hydrogen) atoms. The highest BCUT2D eigenvalue weighted by Gasteiger charge is 2.08. The Hall–Kier alpha value is -0.550. The van der Waals surface area contributed by atoms with Crippen LogP contribution in [0.25, 0.3) is 0 Å². The fraction of sp³-hybridized carbons (Fsp3) is 0.125. The third kappa shape index (κ3) is 2.70. The first-order chi connectivity index (χ1) is 6.15. The molecule has 0 spiro atoms. The average Bonchev–Trinajstić information content (AvgIpc) is 2.11. The number of amides is 1. The van der Waals surface area contributed by atoms with Crippen LogP contribution < -0.4 is 5.32 Å². The Morgan fingerprint density at radius 3 is 2.85 bits per heavy atom. The molecule has 1 rings (SSSR count). The summed E-state index contributed by atoms with van der Waals surface area (Å²) in [6.07, 6.45) is 0. The largest absolute Gasteiger partial charge is 0.322 e. The first-order valence-electron chi connectivity index (χ1n) is 3.50. The summed E-state index contributed by atoms with van der Waals surface area (Å²) in [6, 6.07) is 4.48. The van der Waals surface area contributed by atoms with Gasteiger partial charge in [0.1, 0.15) is 5.82 Å². The van der Waals surface area contributed by atoms with Crippen LogP contribution in [0, 0.1) is 5.82 Å². The lowest BCUT2D eigenvalue weighted by Crippen LogP contribution is -2.14. The second-order valence-corrected chi connectivity index (χ2v) is 3.47. The molecule has 70 valence electrons. The van der Waals surface area contributed by atoms with Gasteiger partial charge >= 0.3 is 0 Å². The molecule has 0 aromatic heterocycles. The molecule has 0 radical (unpaired) electrons. The summed E-state index contributed by atoms with van der Waals surface area (Å²) >= 11 is 6.89. The second kappa shape index (κ2) is 4.62. The van der Waals surface area contributed by atoms with Crippen molar-refractivity contribution in [3.63, 3.8) is 0 Å². The van der Waals surface area contributed by atoms with Crippen LogP contribution in [0.3, 0.4) is 0 Å². The fourth-order valence-corrected chi connectivity index (χ4v) is 1.32. The second-order valence-electron chi connectivity index (χ2n) is 2.30. The zero-order valence-corrected chi connectivity index (χ0v) is 9.03. The van der Waals surface area contributed by atoms with Gasteiger partial charge in [-0.2, -0.15) is 12.6 Å². The molecule has 0 heterocycles. The zero-order chi connectivity index (χ0) is 9.84. The molecule has 0 saturated heterocycles. The molecule has 0 atom stereocenters. The molecule has 0 fully saturated rings. The van der Waals surface area contributed by atoms with Gasteiger partial charge in [-0.25, -0.2) is 4.39 Å². The van der Waals surface area contributed by atoms with Gasteiger partial charge in [-0.15, -0.1) is 0 Å². The molecule has 0 aliphatic heterocycles. The molecule has 2 nitrogen and oxygen atoms in total. The number of carbonyl (C=O) groups excluding carboxylic acids is 1. The molecule has 1 aromatic rings. The molecule has 1 aromatic carbocycles. The SMILES string of the molecule is O=C(CS)Nc1c(F)cccc1Br. The van der Waals surface area contributed by atoms with Gasteiger partial charge in [-0.1, -0.05) is 6.07 Å². The van der Waals surface area contributed by atoms with Crippen molar-refractivity contribution in [3.8, 4) is 0 Å². The maximum absolute atomic E-state index is 13.1. The van der Waals surface area contributed by atoms with Crippen molar-refractivity contribution in [3.05, 3.63) is 28.5 Å². The highest BCUT2D eigenvalue weighted by Crippen LogP contribution is 2.24. The standard InChI is InChI=1S/C8H7BrFNOS/c9-5-2-1-3-6(10)8(5)11-7(12)4-13/h1-3,13H,4H2,(H,11,12). The van der Waals surface area contributed by atoms with E-state index >= 15 is 0 Å². The summed E-state index contributed by atoms with van der Waals surface area (Å²) in [7, 11) is 0. The van der Waals surface area contributed by atoms with E-state index in [1.807, 2.05) is 0 Å². The van der Waals surface area contributed by atoms with Crippen molar-refractivity contribution in [2.45, 2.75) is 0 Å². The lowest BCUT2D eigenvalue weighted by molar-refractivity contribution is -0.113. The molecule has 1 amide bonds. The molecule has 0 saturated carbocycles. The summed E-state index contributed by atoms with van der Waals surface area (Å²) in [5.41, 5.74) is 0.154. The number of hydrogen-bond donors (Lipinski definition) is 2. The molecule has 0 unspecified atom stereocenters. The van der Waals surface area contributed by atoms with Crippen LogP contribution >= 0.6 is 28.6 Å². The van der Waals surface area contributed by atoms with E-state index < -0.39 is 5.82 Å². The molecule has 0 aliphatic carbocycles. The van der Waals surface area contributed by atoms with Crippen LogP contribution in [0.2, 0.25) is 0 Å². The summed E-state index contributed by atoms with van der Waals surface area (Å²) in [5, 5.41) is 2.39. The van der Waals surface area contributed by atoms with Gasteiger partial charge < -0.3 is 5.32 Å². The predicted molar refractivity (Wildman–Crippen MR) is 56.6 cm³/mol. The minimum atomic E-state index is -0.468.